The fourth-order valence-corrected chi connectivity index (χ4v) is 4.17. The van der Waals surface area contributed by atoms with Crippen molar-refractivity contribution in [2.24, 2.45) is 0 Å². The maximum Gasteiger partial charge on any atom is 0.423 e. The topological polar surface area (TPSA) is 78.0 Å². The molecule has 5 rings (SSSR count). The SMILES string of the molecule is Cc1cccc(OCc2cc3c4c(N5CCCC5)c(c(C)nc4c2)OC(=O)C(=O)O3)c1. The molecular formula is C24H22N2O5. The summed E-state index contributed by atoms with van der Waals surface area (Å²) in [5, 5.41) is 0.683. The molecule has 2 aliphatic rings. The first-order valence-corrected chi connectivity index (χ1v) is 10.4. The third kappa shape index (κ3) is 3.56. The molecule has 0 radical (unpaired) electrons. The van der Waals surface area contributed by atoms with Gasteiger partial charge >= 0.3 is 11.9 Å². The number of rotatable bonds is 4. The second-order valence-electron chi connectivity index (χ2n) is 7.94. The second-order valence-corrected chi connectivity index (χ2v) is 7.94. The number of esters is 2. The van der Waals surface area contributed by atoms with Gasteiger partial charge in [0, 0.05) is 13.1 Å². The molecule has 1 aromatic heterocycles. The van der Waals surface area contributed by atoms with Crippen molar-refractivity contribution in [2.75, 3.05) is 18.0 Å². The van der Waals surface area contributed by atoms with Gasteiger partial charge in [-0.05, 0) is 62.1 Å². The van der Waals surface area contributed by atoms with Crippen molar-refractivity contribution in [3.8, 4) is 17.2 Å². The van der Waals surface area contributed by atoms with Gasteiger partial charge in [0.05, 0.1) is 22.3 Å². The van der Waals surface area contributed by atoms with Crippen LogP contribution in [0.5, 0.6) is 17.2 Å². The van der Waals surface area contributed by atoms with Gasteiger partial charge in [-0.1, -0.05) is 12.1 Å². The Bertz CT molecular complexity index is 1210. The molecule has 0 N–H and O–H groups in total. The summed E-state index contributed by atoms with van der Waals surface area (Å²) in [7, 11) is 0. The molecule has 1 saturated heterocycles. The predicted octanol–water partition coefficient (Wildman–Crippen LogP) is 3.86. The van der Waals surface area contributed by atoms with Crippen LogP contribution in [-0.4, -0.2) is 30.0 Å². The molecule has 0 amide bonds. The van der Waals surface area contributed by atoms with E-state index in [4.69, 9.17) is 14.2 Å². The fraction of sp³-hybridized carbons (Fsp3) is 0.292. The number of nitrogens with zero attached hydrogens (tertiary/aromatic N) is 2. The van der Waals surface area contributed by atoms with Crippen LogP contribution in [0.3, 0.4) is 0 Å². The molecular weight excluding hydrogens is 396 g/mol. The first-order valence-electron chi connectivity index (χ1n) is 10.4. The number of carbonyl (C=O) groups excluding carboxylic acids is 2. The summed E-state index contributed by atoms with van der Waals surface area (Å²) in [6.45, 7) is 5.74. The lowest BCUT2D eigenvalue weighted by Crippen LogP contribution is -2.29. The van der Waals surface area contributed by atoms with E-state index in [1.165, 1.54) is 0 Å². The molecule has 2 aromatic carbocycles. The fourth-order valence-electron chi connectivity index (χ4n) is 4.17. The Morgan fingerprint density at radius 2 is 1.81 bits per heavy atom. The molecule has 31 heavy (non-hydrogen) atoms. The predicted molar refractivity (Wildman–Crippen MR) is 115 cm³/mol. The van der Waals surface area contributed by atoms with Gasteiger partial charge in [0.15, 0.2) is 5.75 Å². The summed E-state index contributed by atoms with van der Waals surface area (Å²) in [6, 6.07) is 11.5. The minimum absolute atomic E-state index is 0.274. The summed E-state index contributed by atoms with van der Waals surface area (Å²) in [5.41, 5.74) is 3.89. The van der Waals surface area contributed by atoms with Gasteiger partial charge in [0.1, 0.15) is 18.1 Å². The molecule has 2 aliphatic heterocycles. The molecule has 0 saturated carbocycles. The van der Waals surface area contributed by atoms with E-state index in [-0.39, 0.29) is 6.61 Å². The maximum absolute atomic E-state index is 12.3. The highest BCUT2D eigenvalue weighted by molar-refractivity contribution is 6.32. The first-order chi connectivity index (χ1) is 15.0. The highest BCUT2D eigenvalue weighted by Crippen LogP contribution is 2.45. The first kappa shape index (κ1) is 19.4. The lowest BCUT2D eigenvalue weighted by Gasteiger charge is -2.26. The summed E-state index contributed by atoms with van der Waals surface area (Å²) >= 11 is 0. The van der Waals surface area contributed by atoms with Crippen molar-refractivity contribution in [2.45, 2.75) is 33.3 Å². The van der Waals surface area contributed by atoms with Crippen LogP contribution in [0.1, 0.15) is 29.7 Å². The Balaban J connectivity index is 1.63. The third-order valence-corrected chi connectivity index (χ3v) is 5.59. The number of hydrogen-bond acceptors (Lipinski definition) is 7. The largest absolute Gasteiger partial charge is 0.489 e. The molecule has 0 aliphatic carbocycles. The molecule has 2 bridgehead atoms. The van der Waals surface area contributed by atoms with E-state index in [1.807, 2.05) is 37.3 Å². The molecule has 1 fully saturated rings. The van der Waals surface area contributed by atoms with Crippen LogP contribution < -0.4 is 19.1 Å². The minimum atomic E-state index is -1.04. The maximum atomic E-state index is 12.3. The van der Waals surface area contributed by atoms with Crippen LogP contribution >= 0.6 is 0 Å². The zero-order valence-electron chi connectivity index (χ0n) is 17.4. The molecule has 3 heterocycles. The quantitative estimate of drug-likeness (QED) is 0.362. The molecule has 0 atom stereocenters. The van der Waals surface area contributed by atoms with Gasteiger partial charge in [-0.3, -0.25) is 0 Å². The standard InChI is InChI=1S/C24H22N2O5/c1-14-6-5-7-17(10-14)29-13-16-11-18-20-19(12-16)30-23(27)24(28)31-22(15(2)25-18)21(20)26-8-3-4-9-26/h5-7,10-12H,3-4,8-9,13H2,1-2H3. The van der Waals surface area contributed by atoms with Crippen LogP contribution in [0, 0.1) is 13.8 Å². The van der Waals surface area contributed by atoms with Crippen molar-refractivity contribution in [3.63, 3.8) is 0 Å². The van der Waals surface area contributed by atoms with Crippen molar-refractivity contribution in [1.29, 1.82) is 0 Å². The normalized spacial score (nSPS) is 15.6. The van der Waals surface area contributed by atoms with E-state index >= 15 is 0 Å². The molecule has 0 unspecified atom stereocenters. The molecule has 3 aromatic rings. The van der Waals surface area contributed by atoms with Gasteiger partial charge in [0.25, 0.3) is 0 Å². The van der Waals surface area contributed by atoms with Crippen LogP contribution in [-0.2, 0) is 16.2 Å². The van der Waals surface area contributed by atoms with Crippen molar-refractivity contribution >= 4 is 28.5 Å². The van der Waals surface area contributed by atoms with Crippen molar-refractivity contribution in [3.05, 3.63) is 53.2 Å². The average molecular weight is 418 g/mol. The Morgan fingerprint density at radius 1 is 1.03 bits per heavy atom. The number of pyridine rings is 1. The van der Waals surface area contributed by atoms with E-state index in [0.717, 1.165) is 48.5 Å². The van der Waals surface area contributed by atoms with Gasteiger partial charge < -0.3 is 19.1 Å². The highest BCUT2D eigenvalue weighted by atomic mass is 16.6. The van der Waals surface area contributed by atoms with Gasteiger partial charge in [-0.2, -0.15) is 0 Å². The smallest absolute Gasteiger partial charge is 0.423 e. The third-order valence-electron chi connectivity index (χ3n) is 5.59. The van der Waals surface area contributed by atoms with E-state index in [2.05, 4.69) is 9.88 Å². The summed E-state index contributed by atoms with van der Waals surface area (Å²) in [5.74, 6) is -0.701. The number of carbonyl (C=O) groups is 2. The highest BCUT2D eigenvalue weighted by Gasteiger charge is 2.32. The van der Waals surface area contributed by atoms with Crippen LogP contribution in [0.2, 0.25) is 0 Å². The van der Waals surface area contributed by atoms with E-state index < -0.39 is 11.9 Å². The Hall–Kier alpha value is -3.61. The minimum Gasteiger partial charge on any atom is -0.489 e. The number of fused-ring (bicyclic) bond motifs is 1. The number of hydrogen-bond donors (Lipinski definition) is 0. The van der Waals surface area contributed by atoms with E-state index in [0.29, 0.717) is 28.1 Å². The van der Waals surface area contributed by atoms with Gasteiger partial charge in [-0.25, -0.2) is 14.6 Å². The van der Waals surface area contributed by atoms with Gasteiger partial charge in [-0.15, -0.1) is 0 Å². The molecule has 158 valence electrons. The number of anilines is 1. The second kappa shape index (κ2) is 7.58. The average Bonchev–Trinajstić information content (AvgIpc) is 3.26. The number of benzene rings is 2. The summed E-state index contributed by atoms with van der Waals surface area (Å²) in [6.07, 6.45) is 2.10. The molecule has 0 spiro atoms. The number of ether oxygens (including phenoxy) is 3. The van der Waals surface area contributed by atoms with E-state index in [9.17, 15) is 9.59 Å². The molecule has 7 nitrogen and oxygen atoms in total. The zero-order chi connectivity index (χ0) is 21.5. The van der Waals surface area contributed by atoms with Crippen LogP contribution in [0.25, 0.3) is 10.9 Å². The van der Waals surface area contributed by atoms with Crippen molar-refractivity contribution < 1.29 is 23.8 Å². The monoisotopic (exact) mass is 418 g/mol. The van der Waals surface area contributed by atoms with Crippen molar-refractivity contribution in [1.82, 2.24) is 4.98 Å². The zero-order valence-corrected chi connectivity index (χ0v) is 17.4. The number of aryl methyl sites for hydroxylation is 2. The van der Waals surface area contributed by atoms with Crippen LogP contribution in [0.15, 0.2) is 36.4 Å². The Labute approximate surface area is 179 Å². The Morgan fingerprint density at radius 3 is 2.58 bits per heavy atom. The lowest BCUT2D eigenvalue weighted by atomic mass is 10.1. The molecule has 7 heteroatoms. The number of aromatic nitrogens is 1. The summed E-state index contributed by atoms with van der Waals surface area (Å²) in [4.78, 5) is 31.4. The lowest BCUT2D eigenvalue weighted by molar-refractivity contribution is -0.156. The summed E-state index contributed by atoms with van der Waals surface area (Å²) < 4.78 is 16.8. The van der Waals surface area contributed by atoms with E-state index in [1.54, 1.807) is 13.0 Å². The Kier molecular flexibility index (Phi) is 4.73. The van der Waals surface area contributed by atoms with Crippen LogP contribution in [0.4, 0.5) is 5.69 Å². The van der Waals surface area contributed by atoms with Gasteiger partial charge in [0.2, 0.25) is 0 Å².